The Morgan fingerprint density at radius 3 is 1.48 bits per heavy atom. The molecular formula is C22H40N2O. The molecule has 0 aliphatic carbocycles. The standard InChI is InChI=1S/C11H19NO.C9H15N.C2H6/c1-4-13-9-5-8-12-10(2)6-7-11(12)3;1-4-7-10-8(2)5-6-9(10)3;1-2/h6-7H,4-5,8-9H2,1-3H3;5-6H,4,7H2,1-3H3;1-2H3. The molecule has 0 aliphatic rings. The minimum atomic E-state index is 0.823. The fourth-order valence-corrected chi connectivity index (χ4v) is 2.80. The minimum Gasteiger partial charge on any atom is -0.382 e. The molecule has 2 rings (SSSR count). The first-order chi connectivity index (χ1) is 12.0. The van der Waals surface area contributed by atoms with Crippen molar-refractivity contribution in [1.82, 2.24) is 9.13 Å². The van der Waals surface area contributed by atoms with Crippen LogP contribution in [0.3, 0.4) is 0 Å². The highest BCUT2D eigenvalue weighted by atomic mass is 16.5. The van der Waals surface area contributed by atoms with Gasteiger partial charge in [0, 0.05) is 49.1 Å². The lowest BCUT2D eigenvalue weighted by atomic mass is 10.4. The maximum atomic E-state index is 5.30. The first-order valence-electron chi connectivity index (χ1n) is 9.84. The molecule has 2 aromatic heterocycles. The third-order valence-electron chi connectivity index (χ3n) is 4.16. The van der Waals surface area contributed by atoms with E-state index in [1.165, 1.54) is 29.2 Å². The minimum absolute atomic E-state index is 0.823. The number of hydrogen-bond donors (Lipinski definition) is 0. The Hall–Kier alpha value is -1.48. The molecule has 0 aromatic carbocycles. The maximum Gasteiger partial charge on any atom is 0.0482 e. The summed E-state index contributed by atoms with van der Waals surface area (Å²) in [6.45, 7) is 20.8. The Morgan fingerprint density at radius 1 is 0.720 bits per heavy atom. The van der Waals surface area contributed by atoms with Gasteiger partial charge in [0.05, 0.1) is 0 Å². The summed E-state index contributed by atoms with van der Waals surface area (Å²) in [4.78, 5) is 0. The van der Waals surface area contributed by atoms with E-state index in [1.807, 2.05) is 20.8 Å². The van der Waals surface area contributed by atoms with Crippen molar-refractivity contribution in [1.29, 1.82) is 0 Å². The van der Waals surface area contributed by atoms with Gasteiger partial charge in [-0.25, -0.2) is 0 Å². The van der Waals surface area contributed by atoms with Crippen molar-refractivity contribution in [3.63, 3.8) is 0 Å². The van der Waals surface area contributed by atoms with Crippen LogP contribution in [0.2, 0.25) is 0 Å². The zero-order valence-electron chi connectivity index (χ0n) is 17.9. The summed E-state index contributed by atoms with van der Waals surface area (Å²) in [5.74, 6) is 0. The molecule has 0 amide bonds. The highest BCUT2D eigenvalue weighted by Gasteiger charge is 1.99. The van der Waals surface area contributed by atoms with Crippen LogP contribution in [0.25, 0.3) is 0 Å². The van der Waals surface area contributed by atoms with Gasteiger partial charge in [0.25, 0.3) is 0 Å². The van der Waals surface area contributed by atoms with Crippen molar-refractivity contribution in [2.45, 2.75) is 81.3 Å². The van der Waals surface area contributed by atoms with Gasteiger partial charge in [-0.2, -0.15) is 0 Å². The molecule has 0 saturated heterocycles. The molecule has 144 valence electrons. The van der Waals surface area contributed by atoms with Gasteiger partial charge in [0.2, 0.25) is 0 Å². The van der Waals surface area contributed by atoms with Crippen LogP contribution in [0.1, 0.15) is 63.3 Å². The second kappa shape index (κ2) is 13.8. The summed E-state index contributed by atoms with van der Waals surface area (Å²) in [7, 11) is 0. The SMILES string of the molecule is CC.CCCn1c(C)ccc1C.CCOCCCn1c(C)ccc1C. The Kier molecular flexibility index (Phi) is 13.0. The first-order valence-corrected chi connectivity index (χ1v) is 9.84. The molecule has 0 unspecified atom stereocenters. The van der Waals surface area contributed by atoms with Gasteiger partial charge >= 0.3 is 0 Å². The highest BCUT2D eigenvalue weighted by Crippen LogP contribution is 2.08. The van der Waals surface area contributed by atoms with Gasteiger partial charge in [-0.3, -0.25) is 0 Å². The lowest BCUT2D eigenvalue weighted by Gasteiger charge is -2.08. The molecule has 0 radical (unpaired) electrons. The van der Waals surface area contributed by atoms with E-state index in [-0.39, 0.29) is 0 Å². The van der Waals surface area contributed by atoms with E-state index in [1.54, 1.807) is 0 Å². The zero-order chi connectivity index (χ0) is 19.2. The summed E-state index contributed by atoms with van der Waals surface area (Å²) in [5.41, 5.74) is 5.43. The summed E-state index contributed by atoms with van der Waals surface area (Å²) in [6.07, 6.45) is 2.32. The van der Waals surface area contributed by atoms with Crippen molar-refractivity contribution in [3.8, 4) is 0 Å². The van der Waals surface area contributed by atoms with Crippen LogP contribution in [0, 0.1) is 27.7 Å². The summed E-state index contributed by atoms with van der Waals surface area (Å²) in [6, 6.07) is 8.67. The first kappa shape index (κ1) is 23.5. The number of nitrogens with zero attached hydrogens (tertiary/aromatic N) is 2. The van der Waals surface area contributed by atoms with Crippen molar-refractivity contribution in [2.75, 3.05) is 13.2 Å². The van der Waals surface area contributed by atoms with Crippen LogP contribution in [0.15, 0.2) is 24.3 Å². The molecule has 3 nitrogen and oxygen atoms in total. The van der Waals surface area contributed by atoms with Crippen molar-refractivity contribution >= 4 is 0 Å². The van der Waals surface area contributed by atoms with Crippen LogP contribution in [-0.2, 0) is 17.8 Å². The predicted octanol–water partition coefficient (Wildman–Crippen LogP) is 6.07. The van der Waals surface area contributed by atoms with Crippen LogP contribution >= 0.6 is 0 Å². The normalized spacial score (nSPS) is 9.92. The molecular weight excluding hydrogens is 308 g/mol. The molecule has 0 spiro atoms. The molecule has 0 atom stereocenters. The number of hydrogen-bond acceptors (Lipinski definition) is 1. The Balaban J connectivity index is 0.000000430. The Labute approximate surface area is 156 Å². The smallest absolute Gasteiger partial charge is 0.0482 e. The molecule has 0 N–H and O–H groups in total. The average molecular weight is 349 g/mol. The van der Waals surface area contributed by atoms with E-state index in [4.69, 9.17) is 4.74 Å². The number of rotatable bonds is 7. The van der Waals surface area contributed by atoms with E-state index < -0.39 is 0 Å². The monoisotopic (exact) mass is 348 g/mol. The lowest BCUT2D eigenvalue weighted by Crippen LogP contribution is -2.05. The largest absolute Gasteiger partial charge is 0.382 e. The molecule has 0 aliphatic heterocycles. The molecule has 2 heterocycles. The van der Waals surface area contributed by atoms with Crippen LogP contribution in [-0.4, -0.2) is 22.3 Å². The van der Waals surface area contributed by atoms with E-state index in [2.05, 4.69) is 68.0 Å². The Morgan fingerprint density at radius 2 is 1.12 bits per heavy atom. The van der Waals surface area contributed by atoms with Crippen molar-refractivity contribution in [2.24, 2.45) is 0 Å². The molecule has 0 fully saturated rings. The van der Waals surface area contributed by atoms with Gasteiger partial charge in [0.1, 0.15) is 0 Å². The topological polar surface area (TPSA) is 19.1 Å². The van der Waals surface area contributed by atoms with E-state index in [0.717, 1.165) is 32.7 Å². The van der Waals surface area contributed by atoms with Gasteiger partial charge in [-0.1, -0.05) is 20.8 Å². The van der Waals surface area contributed by atoms with Gasteiger partial charge in [-0.15, -0.1) is 0 Å². The summed E-state index contributed by atoms with van der Waals surface area (Å²) < 4.78 is 9.98. The highest BCUT2D eigenvalue weighted by molar-refractivity contribution is 5.14. The summed E-state index contributed by atoms with van der Waals surface area (Å²) in [5, 5.41) is 0. The van der Waals surface area contributed by atoms with Crippen molar-refractivity contribution < 1.29 is 4.74 Å². The van der Waals surface area contributed by atoms with E-state index >= 15 is 0 Å². The van der Waals surface area contributed by atoms with E-state index in [9.17, 15) is 0 Å². The van der Waals surface area contributed by atoms with Crippen LogP contribution in [0.5, 0.6) is 0 Å². The molecule has 2 aromatic rings. The predicted molar refractivity (Wildman–Crippen MR) is 111 cm³/mol. The van der Waals surface area contributed by atoms with Gasteiger partial charge in [-0.05, 0) is 71.7 Å². The van der Waals surface area contributed by atoms with Crippen LogP contribution in [0.4, 0.5) is 0 Å². The third-order valence-corrected chi connectivity index (χ3v) is 4.16. The molecule has 25 heavy (non-hydrogen) atoms. The summed E-state index contributed by atoms with van der Waals surface area (Å²) >= 11 is 0. The second-order valence-corrected chi connectivity index (χ2v) is 6.09. The Bertz CT molecular complexity index is 528. The van der Waals surface area contributed by atoms with E-state index in [0.29, 0.717) is 0 Å². The number of aromatic nitrogens is 2. The molecule has 0 saturated carbocycles. The third kappa shape index (κ3) is 8.44. The fourth-order valence-electron chi connectivity index (χ4n) is 2.80. The molecule has 3 heteroatoms. The van der Waals surface area contributed by atoms with Crippen molar-refractivity contribution in [3.05, 3.63) is 47.0 Å². The van der Waals surface area contributed by atoms with Gasteiger partial charge < -0.3 is 13.9 Å². The quantitative estimate of drug-likeness (QED) is 0.555. The average Bonchev–Trinajstić information content (AvgIpc) is 3.11. The number of aryl methyl sites for hydroxylation is 4. The molecule has 0 bridgehead atoms. The maximum absolute atomic E-state index is 5.30. The zero-order valence-corrected chi connectivity index (χ0v) is 17.9. The van der Waals surface area contributed by atoms with Gasteiger partial charge in [0.15, 0.2) is 0 Å². The number of ether oxygens (including phenoxy) is 1. The lowest BCUT2D eigenvalue weighted by molar-refractivity contribution is 0.141. The fraction of sp³-hybridized carbons (Fsp3) is 0.636. The second-order valence-electron chi connectivity index (χ2n) is 6.09. The van der Waals surface area contributed by atoms with Crippen LogP contribution < -0.4 is 0 Å².